The largest absolute Gasteiger partial charge is 0.299 e. The van der Waals surface area contributed by atoms with E-state index in [1.807, 2.05) is 0 Å². The number of carbonyl (C=O) groups is 1. The molecular weight excluding hydrogens is 166 g/mol. The number of hydrogen-bond acceptors (Lipinski definition) is 2. The van der Waals surface area contributed by atoms with Gasteiger partial charge in [0, 0.05) is 10.6 Å². The summed E-state index contributed by atoms with van der Waals surface area (Å²) in [7, 11) is 0. The number of nitrogens with zero attached hydrogens (tertiary/aromatic N) is 3. The van der Waals surface area contributed by atoms with Gasteiger partial charge in [-0.25, -0.2) is 0 Å². The third kappa shape index (κ3) is 2.47. The number of aldehydes is 1. The second kappa shape index (κ2) is 4.74. The van der Waals surface area contributed by atoms with E-state index in [2.05, 4.69) is 10.0 Å². The summed E-state index contributed by atoms with van der Waals surface area (Å²) < 4.78 is 0. The molecule has 0 spiro atoms. The first-order chi connectivity index (χ1) is 6.38. The molecule has 0 aliphatic heterocycles. The zero-order valence-electron chi connectivity index (χ0n) is 6.79. The van der Waals surface area contributed by atoms with Crippen molar-refractivity contribution in [2.24, 2.45) is 5.11 Å². The summed E-state index contributed by atoms with van der Waals surface area (Å²) in [5.41, 5.74) is 9.48. The van der Waals surface area contributed by atoms with Crippen molar-refractivity contribution in [2.75, 3.05) is 0 Å². The minimum Gasteiger partial charge on any atom is -0.299 e. The topological polar surface area (TPSA) is 65.8 Å². The third-order valence-corrected chi connectivity index (χ3v) is 1.44. The summed E-state index contributed by atoms with van der Waals surface area (Å²) in [6.45, 7) is 0. The van der Waals surface area contributed by atoms with Gasteiger partial charge >= 0.3 is 0 Å². The summed E-state index contributed by atoms with van der Waals surface area (Å²) >= 11 is 0. The molecule has 1 aromatic rings. The van der Waals surface area contributed by atoms with Crippen molar-refractivity contribution in [2.45, 2.75) is 0 Å². The van der Waals surface area contributed by atoms with E-state index in [9.17, 15) is 4.79 Å². The molecule has 0 saturated heterocycles. The number of azide groups is 1. The van der Waals surface area contributed by atoms with Gasteiger partial charge in [-0.05, 0) is 17.2 Å². The summed E-state index contributed by atoms with van der Waals surface area (Å²) in [5.74, 6) is 0. The predicted octanol–water partition coefficient (Wildman–Crippen LogP) is 2.84. The third-order valence-electron chi connectivity index (χ3n) is 1.44. The van der Waals surface area contributed by atoms with Crippen molar-refractivity contribution < 1.29 is 4.79 Å². The molecule has 4 nitrogen and oxygen atoms in total. The molecule has 0 amide bonds. The first kappa shape index (κ1) is 9.03. The maximum absolute atomic E-state index is 10.1. The summed E-state index contributed by atoms with van der Waals surface area (Å²) in [6, 6.07) is 7.03. The smallest absolute Gasteiger partial charge is 0.142 e. The molecule has 0 aliphatic carbocycles. The molecule has 4 heteroatoms. The minimum absolute atomic E-state index is 0.517. The molecule has 0 aromatic heterocycles. The Morgan fingerprint density at radius 2 is 2.15 bits per heavy atom. The molecule has 64 valence electrons. The average molecular weight is 173 g/mol. The van der Waals surface area contributed by atoms with E-state index in [0.717, 1.165) is 5.56 Å². The van der Waals surface area contributed by atoms with Gasteiger partial charge in [0.25, 0.3) is 0 Å². The fourth-order valence-corrected chi connectivity index (χ4v) is 0.911. The van der Waals surface area contributed by atoms with Gasteiger partial charge in [-0.15, -0.1) is 0 Å². The lowest BCUT2D eigenvalue weighted by molar-refractivity contribution is -0.104. The molecule has 0 bridgehead atoms. The van der Waals surface area contributed by atoms with Crippen molar-refractivity contribution in [3.63, 3.8) is 0 Å². The molecule has 0 saturated carbocycles. The van der Waals surface area contributed by atoms with Crippen LogP contribution in [0.5, 0.6) is 0 Å². The molecule has 0 N–H and O–H groups in total. The van der Waals surface area contributed by atoms with E-state index in [-0.39, 0.29) is 0 Å². The maximum atomic E-state index is 10.1. The van der Waals surface area contributed by atoms with E-state index in [4.69, 9.17) is 5.53 Å². The molecule has 0 heterocycles. The molecule has 0 fully saturated rings. The van der Waals surface area contributed by atoms with Crippen LogP contribution in [0.15, 0.2) is 35.5 Å². The van der Waals surface area contributed by atoms with Crippen molar-refractivity contribution >= 4 is 18.0 Å². The molecule has 13 heavy (non-hydrogen) atoms. The maximum Gasteiger partial charge on any atom is 0.142 e. The second-order valence-electron chi connectivity index (χ2n) is 2.24. The van der Waals surface area contributed by atoms with Gasteiger partial charge in [0.05, 0.1) is 0 Å². The highest BCUT2D eigenvalue weighted by Gasteiger charge is 1.93. The van der Waals surface area contributed by atoms with Crippen LogP contribution in [0, 0.1) is 0 Å². The van der Waals surface area contributed by atoms with E-state index in [1.54, 1.807) is 30.3 Å². The van der Waals surface area contributed by atoms with Crippen LogP contribution in [0.2, 0.25) is 0 Å². The first-order valence-electron chi connectivity index (χ1n) is 3.64. The lowest BCUT2D eigenvalue weighted by Gasteiger charge is -1.96. The van der Waals surface area contributed by atoms with E-state index < -0.39 is 0 Å². The van der Waals surface area contributed by atoms with Gasteiger partial charge in [0.15, 0.2) is 0 Å². The van der Waals surface area contributed by atoms with Gasteiger partial charge < -0.3 is 0 Å². The van der Waals surface area contributed by atoms with Crippen molar-refractivity contribution in [1.29, 1.82) is 0 Å². The number of rotatable bonds is 3. The van der Waals surface area contributed by atoms with Gasteiger partial charge in [0.2, 0.25) is 0 Å². The SMILES string of the molecule is [N-]=[N+]=Nc1ccccc1C=CC=O. The lowest BCUT2D eigenvalue weighted by Crippen LogP contribution is -1.72. The molecule has 0 radical (unpaired) electrons. The van der Waals surface area contributed by atoms with E-state index >= 15 is 0 Å². The van der Waals surface area contributed by atoms with Gasteiger partial charge in [-0.1, -0.05) is 35.5 Å². The van der Waals surface area contributed by atoms with Crippen molar-refractivity contribution in [1.82, 2.24) is 0 Å². The van der Waals surface area contributed by atoms with E-state index in [0.29, 0.717) is 12.0 Å². The number of hydrogen-bond donors (Lipinski definition) is 0. The normalized spacial score (nSPS) is 9.54. The summed E-state index contributed by atoms with van der Waals surface area (Å²) in [6.07, 6.45) is 3.62. The Labute approximate surface area is 75.1 Å². The first-order valence-corrected chi connectivity index (χ1v) is 3.64. The molecular formula is C9H7N3O. The number of carbonyl (C=O) groups excluding carboxylic acids is 1. The predicted molar refractivity (Wildman–Crippen MR) is 50.3 cm³/mol. The standard InChI is InChI=1S/C9H7N3O/c10-12-11-9-6-2-1-4-8(9)5-3-7-13/h1-7H. The minimum atomic E-state index is 0.517. The quantitative estimate of drug-likeness (QED) is 0.228. The summed E-state index contributed by atoms with van der Waals surface area (Å²) in [4.78, 5) is 12.7. The molecule has 0 aliphatic rings. The Balaban J connectivity index is 3.10. The summed E-state index contributed by atoms with van der Waals surface area (Å²) in [5, 5.41) is 3.47. The van der Waals surface area contributed by atoms with Crippen LogP contribution in [0.3, 0.4) is 0 Å². The highest BCUT2D eigenvalue weighted by Crippen LogP contribution is 2.19. The molecule has 1 rings (SSSR count). The molecule has 0 atom stereocenters. The monoisotopic (exact) mass is 173 g/mol. The number of benzene rings is 1. The Morgan fingerprint density at radius 1 is 1.38 bits per heavy atom. The Morgan fingerprint density at radius 3 is 2.85 bits per heavy atom. The van der Waals surface area contributed by atoms with Crippen LogP contribution in [0.4, 0.5) is 5.69 Å². The number of allylic oxidation sites excluding steroid dienone is 1. The fourth-order valence-electron chi connectivity index (χ4n) is 0.911. The van der Waals surface area contributed by atoms with Gasteiger partial charge in [-0.3, -0.25) is 4.79 Å². The Bertz CT molecular complexity index is 378. The van der Waals surface area contributed by atoms with Crippen LogP contribution in [-0.4, -0.2) is 6.29 Å². The van der Waals surface area contributed by atoms with Crippen LogP contribution < -0.4 is 0 Å². The Kier molecular flexibility index (Phi) is 3.30. The fraction of sp³-hybridized carbons (Fsp3) is 0. The van der Waals surface area contributed by atoms with Gasteiger partial charge in [0.1, 0.15) is 6.29 Å². The average Bonchev–Trinajstić information content (AvgIpc) is 2.17. The van der Waals surface area contributed by atoms with Crippen LogP contribution in [0.1, 0.15) is 5.56 Å². The zero-order valence-corrected chi connectivity index (χ0v) is 6.79. The molecule has 1 aromatic carbocycles. The van der Waals surface area contributed by atoms with E-state index in [1.165, 1.54) is 6.08 Å². The van der Waals surface area contributed by atoms with Crippen LogP contribution in [0.25, 0.3) is 16.5 Å². The lowest BCUT2D eigenvalue weighted by atomic mass is 10.2. The highest BCUT2D eigenvalue weighted by molar-refractivity contribution is 5.76. The van der Waals surface area contributed by atoms with Crippen LogP contribution >= 0.6 is 0 Å². The van der Waals surface area contributed by atoms with Crippen molar-refractivity contribution in [3.8, 4) is 0 Å². The molecule has 0 unspecified atom stereocenters. The highest BCUT2D eigenvalue weighted by atomic mass is 16.1. The second-order valence-corrected chi connectivity index (χ2v) is 2.24. The van der Waals surface area contributed by atoms with Crippen molar-refractivity contribution in [3.05, 3.63) is 46.3 Å². The zero-order chi connectivity index (χ0) is 9.52. The van der Waals surface area contributed by atoms with Crippen LogP contribution in [-0.2, 0) is 4.79 Å². The Hall–Kier alpha value is -2.06. The van der Waals surface area contributed by atoms with Gasteiger partial charge in [-0.2, -0.15) is 0 Å².